The molecule has 102 valence electrons. The van der Waals surface area contributed by atoms with Gasteiger partial charge in [-0.1, -0.05) is 50.9 Å². The van der Waals surface area contributed by atoms with E-state index in [1.807, 2.05) is 12.1 Å². The van der Waals surface area contributed by atoms with Gasteiger partial charge in [0.2, 0.25) is 0 Å². The van der Waals surface area contributed by atoms with Crippen LogP contribution in [0.2, 0.25) is 5.02 Å². The van der Waals surface area contributed by atoms with Gasteiger partial charge in [0.1, 0.15) is 0 Å². The van der Waals surface area contributed by atoms with Crippen LogP contribution in [0.4, 0.5) is 0 Å². The minimum Gasteiger partial charge on any atom is -0.300 e. The summed E-state index contributed by atoms with van der Waals surface area (Å²) >= 11 is 5.94. The van der Waals surface area contributed by atoms with Crippen LogP contribution in [0.15, 0.2) is 24.3 Å². The standard InChI is InChI=1S/C16H26ClN/c1-4-7-16(18(6-3)12-5-2)13-14-8-10-15(17)11-9-14/h8-11,16H,4-7,12-13H2,1-3H3. The number of nitrogens with zero attached hydrogens (tertiary/aromatic N) is 1. The molecular formula is C16H26ClN. The van der Waals surface area contributed by atoms with Gasteiger partial charge in [-0.25, -0.2) is 0 Å². The first-order valence-corrected chi connectivity index (χ1v) is 7.57. The van der Waals surface area contributed by atoms with E-state index in [0.717, 1.165) is 18.0 Å². The van der Waals surface area contributed by atoms with Crippen LogP contribution in [-0.4, -0.2) is 24.0 Å². The molecule has 0 amide bonds. The zero-order chi connectivity index (χ0) is 13.4. The smallest absolute Gasteiger partial charge is 0.0406 e. The van der Waals surface area contributed by atoms with Gasteiger partial charge in [0.05, 0.1) is 0 Å². The van der Waals surface area contributed by atoms with Crippen LogP contribution in [0.5, 0.6) is 0 Å². The number of likely N-dealkylation sites (N-methyl/N-ethyl adjacent to an activating group) is 1. The number of benzene rings is 1. The highest BCUT2D eigenvalue weighted by Crippen LogP contribution is 2.16. The lowest BCUT2D eigenvalue weighted by molar-refractivity contribution is 0.193. The second-order valence-corrected chi connectivity index (χ2v) is 5.34. The Hall–Kier alpha value is -0.530. The van der Waals surface area contributed by atoms with E-state index >= 15 is 0 Å². The minimum atomic E-state index is 0.668. The van der Waals surface area contributed by atoms with Crippen molar-refractivity contribution in [3.8, 4) is 0 Å². The summed E-state index contributed by atoms with van der Waals surface area (Å²) in [5.41, 5.74) is 1.40. The van der Waals surface area contributed by atoms with Crippen molar-refractivity contribution in [2.75, 3.05) is 13.1 Å². The van der Waals surface area contributed by atoms with E-state index in [9.17, 15) is 0 Å². The summed E-state index contributed by atoms with van der Waals surface area (Å²) in [4.78, 5) is 2.61. The quantitative estimate of drug-likeness (QED) is 0.655. The van der Waals surface area contributed by atoms with Crippen LogP contribution >= 0.6 is 11.6 Å². The Balaban J connectivity index is 2.68. The molecule has 0 aliphatic heterocycles. The van der Waals surface area contributed by atoms with Crippen LogP contribution in [0.3, 0.4) is 0 Å². The highest BCUT2D eigenvalue weighted by atomic mass is 35.5. The summed E-state index contributed by atoms with van der Waals surface area (Å²) in [6, 6.07) is 8.97. The Morgan fingerprint density at radius 2 is 1.72 bits per heavy atom. The largest absolute Gasteiger partial charge is 0.300 e. The Morgan fingerprint density at radius 1 is 1.06 bits per heavy atom. The van der Waals surface area contributed by atoms with E-state index in [4.69, 9.17) is 11.6 Å². The van der Waals surface area contributed by atoms with Gasteiger partial charge in [-0.3, -0.25) is 0 Å². The average Bonchev–Trinajstić information content (AvgIpc) is 2.38. The molecule has 0 aliphatic carbocycles. The molecule has 1 aromatic rings. The van der Waals surface area contributed by atoms with E-state index < -0.39 is 0 Å². The predicted molar refractivity (Wildman–Crippen MR) is 81.4 cm³/mol. The van der Waals surface area contributed by atoms with E-state index in [1.165, 1.54) is 31.4 Å². The second kappa shape index (κ2) is 8.55. The molecule has 0 fully saturated rings. The maximum Gasteiger partial charge on any atom is 0.0406 e. The molecule has 0 saturated heterocycles. The number of hydrogen-bond donors (Lipinski definition) is 0. The molecule has 1 rings (SSSR count). The molecule has 1 unspecified atom stereocenters. The van der Waals surface area contributed by atoms with Crippen molar-refractivity contribution in [3.05, 3.63) is 34.9 Å². The molecule has 0 heterocycles. The molecular weight excluding hydrogens is 242 g/mol. The maximum atomic E-state index is 5.94. The Bertz CT molecular complexity index is 320. The first-order valence-electron chi connectivity index (χ1n) is 7.19. The fraction of sp³-hybridized carbons (Fsp3) is 0.625. The van der Waals surface area contributed by atoms with Gasteiger partial charge in [-0.2, -0.15) is 0 Å². The third-order valence-corrected chi connectivity index (χ3v) is 3.69. The lowest BCUT2D eigenvalue weighted by Gasteiger charge is -2.30. The molecule has 1 nitrogen and oxygen atoms in total. The predicted octanol–water partition coefficient (Wildman–Crippen LogP) is 4.78. The first-order chi connectivity index (χ1) is 8.71. The third-order valence-electron chi connectivity index (χ3n) is 3.44. The van der Waals surface area contributed by atoms with Crippen LogP contribution in [0, 0.1) is 0 Å². The monoisotopic (exact) mass is 267 g/mol. The summed E-state index contributed by atoms with van der Waals surface area (Å²) in [6.45, 7) is 9.14. The molecule has 0 aromatic heterocycles. The van der Waals surface area contributed by atoms with Crippen LogP contribution in [0.25, 0.3) is 0 Å². The van der Waals surface area contributed by atoms with Gasteiger partial charge in [0.15, 0.2) is 0 Å². The number of rotatable bonds is 8. The zero-order valence-electron chi connectivity index (χ0n) is 12.0. The molecule has 18 heavy (non-hydrogen) atoms. The number of hydrogen-bond acceptors (Lipinski definition) is 1. The fourth-order valence-electron chi connectivity index (χ4n) is 2.53. The molecule has 0 spiro atoms. The lowest BCUT2D eigenvalue weighted by atomic mass is 10.0. The Kier molecular flexibility index (Phi) is 7.38. The van der Waals surface area contributed by atoms with Crippen molar-refractivity contribution in [3.63, 3.8) is 0 Å². The number of halogens is 1. The topological polar surface area (TPSA) is 3.24 Å². The molecule has 2 heteroatoms. The SMILES string of the molecule is CCCC(Cc1ccc(Cl)cc1)N(CC)CCC. The van der Waals surface area contributed by atoms with Gasteiger partial charge in [-0.15, -0.1) is 0 Å². The van der Waals surface area contributed by atoms with Crippen LogP contribution < -0.4 is 0 Å². The second-order valence-electron chi connectivity index (χ2n) is 4.90. The minimum absolute atomic E-state index is 0.668. The van der Waals surface area contributed by atoms with Crippen molar-refractivity contribution >= 4 is 11.6 Å². The van der Waals surface area contributed by atoms with Gasteiger partial charge in [0, 0.05) is 11.1 Å². The van der Waals surface area contributed by atoms with Crippen molar-refractivity contribution < 1.29 is 0 Å². The van der Waals surface area contributed by atoms with E-state index in [1.54, 1.807) is 0 Å². The first kappa shape index (κ1) is 15.5. The van der Waals surface area contributed by atoms with Crippen LogP contribution in [-0.2, 0) is 6.42 Å². The molecule has 0 aliphatic rings. The van der Waals surface area contributed by atoms with Gasteiger partial charge >= 0.3 is 0 Å². The summed E-state index contributed by atoms with van der Waals surface area (Å²) in [7, 11) is 0. The zero-order valence-corrected chi connectivity index (χ0v) is 12.7. The van der Waals surface area contributed by atoms with Crippen molar-refractivity contribution in [1.29, 1.82) is 0 Å². The fourth-order valence-corrected chi connectivity index (χ4v) is 2.65. The summed E-state index contributed by atoms with van der Waals surface area (Å²) < 4.78 is 0. The summed E-state index contributed by atoms with van der Waals surface area (Å²) in [5, 5.41) is 0.826. The van der Waals surface area contributed by atoms with Gasteiger partial charge in [0.25, 0.3) is 0 Å². The molecule has 1 atom stereocenters. The molecule has 0 N–H and O–H groups in total. The Labute approximate surface area is 117 Å². The van der Waals surface area contributed by atoms with E-state index in [2.05, 4.69) is 37.8 Å². The third kappa shape index (κ3) is 4.99. The maximum absolute atomic E-state index is 5.94. The summed E-state index contributed by atoms with van der Waals surface area (Å²) in [6.07, 6.45) is 4.89. The molecule has 1 aromatic carbocycles. The van der Waals surface area contributed by atoms with Crippen molar-refractivity contribution in [2.45, 2.75) is 52.5 Å². The normalized spacial score (nSPS) is 12.9. The average molecular weight is 268 g/mol. The van der Waals surface area contributed by atoms with E-state index in [-0.39, 0.29) is 0 Å². The molecule has 0 bridgehead atoms. The highest BCUT2D eigenvalue weighted by molar-refractivity contribution is 6.30. The molecule has 0 radical (unpaired) electrons. The Morgan fingerprint density at radius 3 is 2.22 bits per heavy atom. The highest BCUT2D eigenvalue weighted by Gasteiger charge is 2.15. The molecule has 0 saturated carbocycles. The van der Waals surface area contributed by atoms with Gasteiger partial charge < -0.3 is 4.90 Å². The van der Waals surface area contributed by atoms with Crippen LogP contribution in [0.1, 0.15) is 45.6 Å². The lowest BCUT2D eigenvalue weighted by Crippen LogP contribution is -2.37. The van der Waals surface area contributed by atoms with Crippen molar-refractivity contribution in [2.24, 2.45) is 0 Å². The van der Waals surface area contributed by atoms with E-state index in [0.29, 0.717) is 6.04 Å². The summed E-state index contributed by atoms with van der Waals surface area (Å²) in [5.74, 6) is 0. The van der Waals surface area contributed by atoms with Gasteiger partial charge in [-0.05, 0) is 50.0 Å². The van der Waals surface area contributed by atoms with Crippen molar-refractivity contribution in [1.82, 2.24) is 4.90 Å².